The minimum atomic E-state index is 0.742. The van der Waals surface area contributed by atoms with Gasteiger partial charge in [-0.25, -0.2) is 0 Å². The number of piperidine rings is 1. The molecule has 0 unspecified atom stereocenters. The van der Waals surface area contributed by atoms with Gasteiger partial charge in [-0.3, -0.25) is 4.90 Å². The number of likely N-dealkylation sites (tertiary alicyclic amines) is 1. The third-order valence-electron chi connectivity index (χ3n) is 4.48. The molecule has 4 heteroatoms. The highest BCUT2D eigenvalue weighted by molar-refractivity contribution is 7.09. The molecule has 23 heavy (non-hydrogen) atoms. The number of hydrogen-bond acceptors (Lipinski definition) is 4. The SMILES string of the molecule is N#Cc1cccc(CNCC2CCN(Cc3cccs3)CC2)c1. The second kappa shape index (κ2) is 8.26. The van der Waals surface area contributed by atoms with Crippen molar-refractivity contribution in [2.75, 3.05) is 19.6 Å². The molecule has 2 heterocycles. The Bertz CT molecular complexity index is 637. The van der Waals surface area contributed by atoms with Gasteiger partial charge in [-0.1, -0.05) is 18.2 Å². The van der Waals surface area contributed by atoms with E-state index in [1.807, 2.05) is 29.5 Å². The molecule has 0 amide bonds. The van der Waals surface area contributed by atoms with Gasteiger partial charge in [0, 0.05) is 18.0 Å². The first-order valence-electron chi connectivity index (χ1n) is 8.28. The van der Waals surface area contributed by atoms with Crippen LogP contribution in [0.25, 0.3) is 0 Å². The Morgan fingerprint density at radius 2 is 2.09 bits per heavy atom. The van der Waals surface area contributed by atoms with E-state index in [2.05, 4.69) is 39.9 Å². The zero-order valence-electron chi connectivity index (χ0n) is 13.4. The minimum absolute atomic E-state index is 0.742. The van der Waals surface area contributed by atoms with Crippen LogP contribution in [-0.2, 0) is 13.1 Å². The van der Waals surface area contributed by atoms with Crippen LogP contribution in [0, 0.1) is 17.2 Å². The summed E-state index contributed by atoms with van der Waals surface area (Å²) in [6.45, 7) is 5.44. The second-order valence-corrected chi connectivity index (χ2v) is 7.27. The fraction of sp³-hybridized carbons (Fsp3) is 0.421. The molecule has 0 saturated carbocycles. The van der Waals surface area contributed by atoms with Gasteiger partial charge in [0.2, 0.25) is 0 Å². The van der Waals surface area contributed by atoms with Gasteiger partial charge in [0.15, 0.2) is 0 Å². The highest BCUT2D eigenvalue weighted by Crippen LogP contribution is 2.20. The Labute approximate surface area is 142 Å². The van der Waals surface area contributed by atoms with E-state index in [4.69, 9.17) is 5.26 Å². The van der Waals surface area contributed by atoms with Crippen molar-refractivity contribution in [3.05, 3.63) is 57.8 Å². The van der Waals surface area contributed by atoms with Crippen LogP contribution in [0.2, 0.25) is 0 Å². The molecule has 0 aliphatic carbocycles. The lowest BCUT2D eigenvalue weighted by molar-refractivity contribution is 0.176. The summed E-state index contributed by atoms with van der Waals surface area (Å²) in [5.74, 6) is 0.772. The maximum atomic E-state index is 8.93. The van der Waals surface area contributed by atoms with Crippen molar-refractivity contribution in [3.63, 3.8) is 0 Å². The van der Waals surface area contributed by atoms with Crippen molar-refractivity contribution >= 4 is 11.3 Å². The molecular weight excluding hydrogens is 302 g/mol. The largest absolute Gasteiger partial charge is 0.312 e. The van der Waals surface area contributed by atoms with Crippen molar-refractivity contribution in [1.82, 2.24) is 10.2 Å². The lowest BCUT2D eigenvalue weighted by atomic mass is 9.96. The molecule has 0 atom stereocenters. The van der Waals surface area contributed by atoms with Crippen LogP contribution in [0.15, 0.2) is 41.8 Å². The molecule has 1 aliphatic heterocycles. The summed E-state index contributed by atoms with van der Waals surface area (Å²) in [5.41, 5.74) is 1.94. The molecular formula is C19H23N3S. The number of nitrogens with one attached hydrogen (secondary N) is 1. The van der Waals surface area contributed by atoms with Crippen molar-refractivity contribution in [2.24, 2.45) is 5.92 Å². The van der Waals surface area contributed by atoms with Gasteiger partial charge in [0.1, 0.15) is 0 Å². The van der Waals surface area contributed by atoms with Crippen LogP contribution in [0.3, 0.4) is 0 Å². The van der Waals surface area contributed by atoms with Crippen LogP contribution >= 0.6 is 11.3 Å². The Hall–Kier alpha value is -1.67. The van der Waals surface area contributed by atoms with Crippen LogP contribution in [0.5, 0.6) is 0 Å². The zero-order valence-corrected chi connectivity index (χ0v) is 14.2. The van der Waals surface area contributed by atoms with Crippen molar-refractivity contribution in [2.45, 2.75) is 25.9 Å². The summed E-state index contributed by atoms with van der Waals surface area (Å²) < 4.78 is 0. The Morgan fingerprint density at radius 1 is 1.22 bits per heavy atom. The predicted octanol–water partition coefficient (Wildman–Crippen LogP) is 3.62. The number of nitriles is 1. The van der Waals surface area contributed by atoms with E-state index in [1.165, 1.54) is 36.4 Å². The second-order valence-electron chi connectivity index (χ2n) is 6.24. The number of thiophene rings is 1. The van der Waals surface area contributed by atoms with Gasteiger partial charge in [0.25, 0.3) is 0 Å². The maximum Gasteiger partial charge on any atom is 0.0991 e. The molecule has 1 aromatic carbocycles. The van der Waals surface area contributed by atoms with Crippen molar-refractivity contribution < 1.29 is 0 Å². The summed E-state index contributed by atoms with van der Waals surface area (Å²) in [7, 11) is 0. The fourth-order valence-electron chi connectivity index (χ4n) is 3.14. The molecule has 1 aromatic heterocycles. The Kier molecular flexibility index (Phi) is 5.82. The quantitative estimate of drug-likeness (QED) is 0.881. The van der Waals surface area contributed by atoms with Crippen molar-refractivity contribution in [3.8, 4) is 6.07 Å². The molecule has 0 spiro atoms. The van der Waals surface area contributed by atoms with E-state index < -0.39 is 0 Å². The molecule has 1 saturated heterocycles. The van der Waals surface area contributed by atoms with E-state index in [9.17, 15) is 0 Å². The van der Waals surface area contributed by atoms with Gasteiger partial charge >= 0.3 is 0 Å². The highest BCUT2D eigenvalue weighted by atomic mass is 32.1. The Morgan fingerprint density at radius 3 is 2.83 bits per heavy atom. The molecule has 3 rings (SSSR count). The Balaban J connectivity index is 1.37. The lowest BCUT2D eigenvalue weighted by Gasteiger charge is -2.31. The lowest BCUT2D eigenvalue weighted by Crippen LogP contribution is -2.36. The number of benzene rings is 1. The number of nitrogens with zero attached hydrogens (tertiary/aromatic N) is 2. The van der Waals surface area contributed by atoms with Crippen LogP contribution in [0.1, 0.15) is 28.8 Å². The topological polar surface area (TPSA) is 39.1 Å². The summed E-state index contributed by atoms with van der Waals surface area (Å²) in [5, 5.41) is 14.7. The number of hydrogen-bond donors (Lipinski definition) is 1. The van der Waals surface area contributed by atoms with E-state index in [-0.39, 0.29) is 0 Å². The fourth-order valence-corrected chi connectivity index (χ4v) is 3.89. The molecule has 3 nitrogen and oxygen atoms in total. The van der Waals surface area contributed by atoms with E-state index >= 15 is 0 Å². The predicted molar refractivity (Wildman–Crippen MR) is 95.2 cm³/mol. The van der Waals surface area contributed by atoms with Crippen LogP contribution in [-0.4, -0.2) is 24.5 Å². The average molecular weight is 325 g/mol. The summed E-state index contributed by atoms with van der Waals surface area (Å²) >= 11 is 1.85. The maximum absolute atomic E-state index is 8.93. The van der Waals surface area contributed by atoms with Gasteiger partial charge in [0.05, 0.1) is 11.6 Å². The first-order valence-corrected chi connectivity index (χ1v) is 9.16. The summed E-state index contributed by atoms with van der Waals surface area (Å²) in [6.07, 6.45) is 2.55. The molecule has 1 aliphatic rings. The highest BCUT2D eigenvalue weighted by Gasteiger charge is 2.19. The molecule has 120 valence electrons. The van der Waals surface area contributed by atoms with Gasteiger partial charge in [-0.2, -0.15) is 5.26 Å². The average Bonchev–Trinajstić information content (AvgIpc) is 3.10. The van der Waals surface area contributed by atoms with E-state index in [0.29, 0.717) is 0 Å². The van der Waals surface area contributed by atoms with Crippen LogP contribution in [0.4, 0.5) is 0 Å². The van der Waals surface area contributed by atoms with Crippen molar-refractivity contribution in [1.29, 1.82) is 5.26 Å². The van der Waals surface area contributed by atoms with E-state index in [1.54, 1.807) is 0 Å². The summed E-state index contributed by atoms with van der Waals surface area (Å²) in [6, 6.07) is 14.4. The molecule has 2 aromatic rings. The first kappa shape index (κ1) is 16.2. The van der Waals surface area contributed by atoms with Gasteiger partial charge in [-0.15, -0.1) is 11.3 Å². The first-order chi connectivity index (χ1) is 11.3. The molecule has 0 radical (unpaired) electrons. The third-order valence-corrected chi connectivity index (χ3v) is 5.35. The standard InChI is InChI=1S/C19H23N3S/c20-12-17-3-1-4-18(11-17)14-21-13-16-6-8-22(9-7-16)15-19-5-2-10-23-19/h1-5,10-11,16,21H,6-9,13-15H2. The molecule has 0 bridgehead atoms. The van der Waals surface area contributed by atoms with Gasteiger partial charge < -0.3 is 5.32 Å². The normalized spacial score (nSPS) is 16.3. The van der Waals surface area contributed by atoms with Crippen LogP contribution < -0.4 is 5.32 Å². The smallest absolute Gasteiger partial charge is 0.0991 e. The van der Waals surface area contributed by atoms with E-state index in [0.717, 1.165) is 31.1 Å². The minimum Gasteiger partial charge on any atom is -0.312 e. The summed E-state index contributed by atoms with van der Waals surface area (Å²) in [4.78, 5) is 4.04. The zero-order chi connectivity index (χ0) is 15.9. The number of rotatable bonds is 6. The van der Waals surface area contributed by atoms with Gasteiger partial charge in [-0.05, 0) is 67.5 Å². The third kappa shape index (κ3) is 4.90. The monoisotopic (exact) mass is 325 g/mol. The molecule has 1 fully saturated rings. The molecule has 1 N–H and O–H groups in total.